The summed E-state index contributed by atoms with van der Waals surface area (Å²) < 4.78 is 5.36. The SMILES string of the molecule is C=CCCCC=O.CCCC(CC(C)(C)C)Nc1cccc(-c2sc(C=O)c(OCC=O)c2Cl)c1.CN.CO.CO.Cc1cccc2c(C3CCN(C4=CN5C=NC6CC5[C@H]4[C@@H](C)C6)CC3)ccc(N(C)C=O)c12. The van der Waals surface area contributed by atoms with Crippen LogP contribution in [0.15, 0.2) is 84.1 Å². The number of piperidine rings is 1. The predicted octanol–water partition coefficient (Wildman–Crippen LogP) is 11.7. The lowest BCUT2D eigenvalue weighted by Crippen LogP contribution is -2.47. The number of fused-ring (bicyclic) bond motifs is 2. The Hall–Kier alpha value is -5.38. The highest BCUT2D eigenvalue weighted by atomic mass is 35.5. The van der Waals surface area contributed by atoms with Crippen molar-refractivity contribution < 1.29 is 34.1 Å². The first-order chi connectivity index (χ1) is 35.7. The number of aldehydes is 3. The van der Waals surface area contributed by atoms with E-state index in [0.717, 1.165) is 93.9 Å². The molecule has 4 heterocycles. The van der Waals surface area contributed by atoms with E-state index in [1.165, 1.54) is 66.0 Å². The number of anilines is 2. The molecule has 5 N–H and O–H groups in total. The molecular weight excluding hydrogens is 972 g/mol. The molecule has 74 heavy (non-hydrogen) atoms. The summed E-state index contributed by atoms with van der Waals surface area (Å²) in [5, 5.41) is 20.5. The Kier molecular flexibility index (Phi) is 27.3. The molecule has 0 radical (unpaired) electrons. The van der Waals surface area contributed by atoms with Crippen molar-refractivity contribution in [3.8, 4) is 16.2 Å². The van der Waals surface area contributed by atoms with Crippen LogP contribution >= 0.6 is 22.9 Å². The quantitative estimate of drug-likeness (QED) is 0.0423. The maximum absolute atomic E-state index is 11.5. The molecule has 1 aromatic heterocycles. The van der Waals surface area contributed by atoms with Crippen LogP contribution in [0.4, 0.5) is 11.4 Å². The van der Waals surface area contributed by atoms with Crippen molar-refractivity contribution in [3.63, 3.8) is 0 Å². The van der Waals surface area contributed by atoms with E-state index >= 15 is 0 Å². The number of nitrogens with zero attached hydrogens (tertiary/aromatic N) is 4. The molecule has 13 nitrogen and oxygen atoms in total. The molecular formula is C59H85ClN6O7S. The van der Waals surface area contributed by atoms with Gasteiger partial charge in [0.25, 0.3) is 0 Å². The Balaban J connectivity index is 0.000000321. The van der Waals surface area contributed by atoms with Gasteiger partial charge in [0.1, 0.15) is 22.8 Å². The van der Waals surface area contributed by atoms with Gasteiger partial charge in [-0.05, 0) is 123 Å². The number of carbonyl (C=O) groups is 4. The van der Waals surface area contributed by atoms with Gasteiger partial charge in [-0.3, -0.25) is 19.4 Å². The number of amides is 1. The van der Waals surface area contributed by atoms with Crippen molar-refractivity contribution in [1.82, 2.24) is 9.80 Å². The summed E-state index contributed by atoms with van der Waals surface area (Å²) in [4.78, 5) is 55.8. The number of halogens is 1. The third-order valence-corrected chi connectivity index (χ3v) is 15.3. The van der Waals surface area contributed by atoms with Crippen molar-refractivity contribution in [3.05, 3.63) is 100 Å². The second-order valence-electron chi connectivity index (χ2n) is 20.0. The monoisotopic (exact) mass is 1060 g/mol. The summed E-state index contributed by atoms with van der Waals surface area (Å²) in [6, 6.07) is 20.5. The highest BCUT2D eigenvalue weighted by Gasteiger charge is 2.47. The molecule has 3 aromatic carbocycles. The third-order valence-electron chi connectivity index (χ3n) is 13.7. The Bertz CT molecular complexity index is 2440. The van der Waals surface area contributed by atoms with Gasteiger partial charge in [-0.1, -0.05) is 95.1 Å². The number of aliphatic imine (C=N–C) groups is 1. The molecule has 2 bridgehead atoms. The first-order valence-corrected chi connectivity index (χ1v) is 27.1. The third kappa shape index (κ3) is 16.8. The molecule has 406 valence electrons. The maximum Gasteiger partial charge on any atom is 0.213 e. The number of aryl methyl sites for hydroxylation is 1. The summed E-state index contributed by atoms with van der Waals surface area (Å²) in [7, 11) is 5.34. The summed E-state index contributed by atoms with van der Waals surface area (Å²) in [6.45, 7) is 19.1. The second-order valence-corrected chi connectivity index (χ2v) is 21.4. The Morgan fingerprint density at radius 1 is 1.00 bits per heavy atom. The molecule has 2 fully saturated rings. The van der Waals surface area contributed by atoms with Crippen molar-refractivity contribution in [2.24, 2.45) is 28.0 Å². The first kappa shape index (κ1) is 62.9. The van der Waals surface area contributed by atoms with E-state index in [0.29, 0.717) is 64.8 Å². The number of carbonyl (C=O) groups excluding carboxylic acids is 4. The van der Waals surface area contributed by atoms with Gasteiger partial charge in [0.05, 0.1) is 22.9 Å². The summed E-state index contributed by atoms with van der Waals surface area (Å²) >= 11 is 7.73. The lowest BCUT2D eigenvalue weighted by molar-refractivity contribution is -0.109. The van der Waals surface area contributed by atoms with Gasteiger partial charge in [0.2, 0.25) is 6.41 Å². The fourth-order valence-electron chi connectivity index (χ4n) is 10.6. The second kappa shape index (κ2) is 32.1. The van der Waals surface area contributed by atoms with E-state index in [2.05, 4.69) is 112 Å². The number of ether oxygens (including phenoxy) is 1. The van der Waals surface area contributed by atoms with E-state index < -0.39 is 0 Å². The van der Waals surface area contributed by atoms with Gasteiger partial charge >= 0.3 is 0 Å². The van der Waals surface area contributed by atoms with Crippen LogP contribution in [0.2, 0.25) is 5.02 Å². The minimum atomic E-state index is -0.135. The number of nitrogens with one attached hydrogen (secondary N) is 1. The van der Waals surface area contributed by atoms with E-state index in [4.69, 9.17) is 31.5 Å². The Morgan fingerprint density at radius 2 is 1.70 bits per heavy atom. The van der Waals surface area contributed by atoms with Crippen molar-refractivity contribution >= 4 is 76.7 Å². The normalized spacial score (nSPS) is 18.6. The van der Waals surface area contributed by atoms with Crippen LogP contribution < -0.4 is 20.7 Å². The van der Waals surface area contributed by atoms with Crippen LogP contribution in [0.1, 0.15) is 126 Å². The van der Waals surface area contributed by atoms with Crippen LogP contribution in [0, 0.1) is 24.2 Å². The minimum absolute atomic E-state index is 0.135. The fraction of sp³-hybridized carbons (Fsp3) is 0.508. The highest BCUT2D eigenvalue weighted by Crippen LogP contribution is 2.48. The lowest BCUT2D eigenvalue weighted by atomic mass is 9.73. The molecule has 4 aromatic rings. The summed E-state index contributed by atoms with van der Waals surface area (Å²) in [5.41, 5.74) is 11.9. The van der Waals surface area contributed by atoms with Gasteiger partial charge in [-0.25, -0.2) is 0 Å². The number of aliphatic hydroxyl groups excluding tert-OH is 2. The number of aliphatic hydroxyl groups is 2. The zero-order valence-corrected chi connectivity index (χ0v) is 47.3. The van der Waals surface area contributed by atoms with E-state index in [-0.39, 0.29) is 17.8 Å². The number of likely N-dealkylation sites (tertiary alicyclic amines) is 1. The average Bonchev–Trinajstić information content (AvgIpc) is 3.98. The van der Waals surface area contributed by atoms with Crippen LogP contribution in [-0.2, 0) is 14.4 Å². The molecule has 1 saturated heterocycles. The van der Waals surface area contributed by atoms with E-state index in [1.807, 2.05) is 37.4 Å². The van der Waals surface area contributed by atoms with Crippen molar-refractivity contribution in [2.75, 3.05) is 58.2 Å². The molecule has 4 aliphatic rings. The molecule has 15 heteroatoms. The minimum Gasteiger partial charge on any atom is -0.483 e. The van der Waals surface area contributed by atoms with Gasteiger partial charge in [-0.2, -0.15) is 0 Å². The number of hydrogen-bond donors (Lipinski definition) is 4. The largest absolute Gasteiger partial charge is 0.483 e. The number of hydrogen-bond acceptors (Lipinski definition) is 13. The maximum atomic E-state index is 11.5. The fourth-order valence-corrected chi connectivity index (χ4v) is 12.0. The van der Waals surface area contributed by atoms with E-state index in [9.17, 15) is 19.2 Å². The summed E-state index contributed by atoms with van der Waals surface area (Å²) in [6.07, 6.45) is 20.2. The van der Waals surface area contributed by atoms with Crippen LogP contribution in [0.3, 0.4) is 0 Å². The number of rotatable bonds is 18. The molecule has 1 amide bonds. The Morgan fingerprint density at radius 3 is 2.32 bits per heavy atom. The molecule has 5 atom stereocenters. The molecule has 1 saturated carbocycles. The number of unbranched alkanes of at least 4 members (excludes halogenated alkanes) is 2. The number of nitrogens with two attached hydrogens (primary N) is 1. The zero-order chi connectivity index (χ0) is 55.0. The van der Waals surface area contributed by atoms with Crippen molar-refractivity contribution in [2.45, 2.75) is 130 Å². The summed E-state index contributed by atoms with van der Waals surface area (Å²) in [5.74, 6) is 2.19. The van der Waals surface area contributed by atoms with Crippen LogP contribution in [0.25, 0.3) is 21.2 Å². The highest BCUT2D eigenvalue weighted by molar-refractivity contribution is 7.18. The van der Waals surface area contributed by atoms with Gasteiger partial charge in [-0.15, -0.1) is 17.9 Å². The van der Waals surface area contributed by atoms with E-state index in [1.54, 1.807) is 10.6 Å². The molecule has 1 aliphatic carbocycles. The van der Waals surface area contributed by atoms with Crippen LogP contribution in [0.5, 0.6) is 5.75 Å². The van der Waals surface area contributed by atoms with Crippen molar-refractivity contribution in [1.29, 1.82) is 0 Å². The predicted molar refractivity (Wildman–Crippen MR) is 309 cm³/mol. The first-order valence-electron chi connectivity index (χ1n) is 26.0. The van der Waals surface area contributed by atoms with Gasteiger partial charge in [0, 0.05) is 81.7 Å². The van der Waals surface area contributed by atoms with Gasteiger partial charge < -0.3 is 45.5 Å². The Labute approximate surface area is 450 Å². The molecule has 3 unspecified atom stereocenters. The topological polar surface area (TPSA) is 178 Å². The average molecular weight is 1060 g/mol. The smallest absolute Gasteiger partial charge is 0.213 e. The molecule has 8 rings (SSSR count). The van der Waals surface area contributed by atoms with Gasteiger partial charge in [0.15, 0.2) is 18.3 Å². The number of thiophene rings is 1. The molecule has 0 spiro atoms. The zero-order valence-electron chi connectivity index (χ0n) is 45.7. The number of allylic oxidation sites excluding steroid dienone is 1. The number of benzene rings is 3. The lowest BCUT2D eigenvalue weighted by Gasteiger charge is -2.44. The standard InChI is InChI=1S/C28H34N4O.C22H28ClNO3S.C6H10O.CH5N.2CH4O/c1-18-5-4-6-23-22(7-8-24(27(18)23)30(3)17-33)20-9-11-31(12-10-20)26-15-32-16-29-21-13-19(2)28(26)25(32)14-21;1-5-7-17(13-22(2,3)4)24-16-9-6-8-15(12-16)21-19(23)20(27-11-10-25)18(14-26)28-21;1-2-3-4-5-6-7;3*1-2/h4-8,15-17,19-21,25,28H,9-14H2,1-3H3;6,8-10,12,14,17,24H,5,7,11,13H2,1-4H3;2,6H,1,3-5H2;2H2,1H3;2*2H,1H3/t19-,21?,25?,28+;;;;;/m0...../s1. The molecule has 3 aliphatic heterocycles. The van der Waals surface area contributed by atoms with Crippen LogP contribution in [-0.4, -0.2) is 118 Å².